The van der Waals surface area contributed by atoms with Crippen LogP contribution in [0.25, 0.3) is 11.6 Å². The van der Waals surface area contributed by atoms with E-state index in [1.807, 2.05) is 54.6 Å². The molecular formula is C23H21N3O2S. The van der Waals surface area contributed by atoms with E-state index in [0.717, 1.165) is 40.9 Å². The van der Waals surface area contributed by atoms with Crippen LogP contribution >= 0.6 is 12.2 Å². The number of aromatic hydroxyl groups is 1. The number of allylic oxidation sites excluding steroid dienone is 1. The zero-order chi connectivity index (χ0) is 20.4. The third kappa shape index (κ3) is 3.59. The topological polar surface area (TPSA) is 70.4 Å². The SMILES string of the molecule is CCCCn1c(O)c(C=C2C(c3ccccc3)=Nc3ccccc32)c(=O)[nH]c1=S. The molecule has 29 heavy (non-hydrogen) atoms. The summed E-state index contributed by atoms with van der Waals surface area (Å²) >= 11 is 5.25. The summed E-state index contributed by atoms with van der Waals surface area (Å²) in [5.41, 5.74) is 4.05. The number of benzene rings is 2. The number of H-pyrrole nitrogens is 1. The number of fused-ring (bicyclic) bond motifs is 1. The number of hydrogen-bond donors (Lipinski definition) is 2. The number of aliphatic imine (C=N–C) groups is 1. The van der Waals surface area contributed by atoms with Crippen molar-refractivity contribution in [2.24, 2.45) is 4.99 Å². The molecule has 0 aliphatic carbocycles. The van der Waals surface area contributed by atoms with Crippen LogP contribution in [-0.4, -0.2) is 20.4 Å². The number of aromatic amines is 1. The summed E-state index contributed by atoms with van der Waals surface area (Å²) in [4.78, 5) is 20.1. The highest BCUT2D eigenvalue weighted by atomic mass is 32.1. The van der Waals surface area contributed by atoms with Crippen LogP contribution < -0.4 is 5.56 Å². The minimum absolute atomic E-state index is 0.114. The largest absolute Gasteiger partial charge is 0.494 e. The van der Waals surface area contributed by atoms with Crippen molar-refractivity contribution in [3.8, 4) is 5.88 Å². The van der Waals surface area contributed by atoms with Crippen molar-refractivity contribution < 1.29 is 5.11 Å². The number of nitrogens with zero attached hydrogens (tertiary/aromatic N) is 2. The molecule has 0 spiro atoms. The smallest absolute Gasteiger partial charge is 0.262 e. The molecule has 0 saturated heterocycles. The summed E-state index contributed by atoms with van der Waals surface area (Å²) in [6.45, 7) is 2.61. The van der Waals surface area contributed by atoms with Gasteiger partial charge in [0.25, 0.3) is 5.56 Å². The predicted octanol–water partition coefficient (Wildman–Crippen LogP) is 5.09. The van der Waals surface area contributed by atoms with Gasteiger partial charge in [-0.25, -0.2) is 4.99 Å². The lowest BCUT2D eigenvalue weighted by Gasteiger charge is -2.12. The molecule has 0 atom stereocenters. The van der Waals surface area contributed by atoms with Crippen molar-refractivity contribution in [2.45, 2.75) is 26.3 Å². The van der Waals surface area contributed by atoms with Gasteiger partial charge in [-0.1, -0.05) is 61.9 Å². The Morgan fingerprint density at radius 3 is 2.62 bits per heavy atom. The monoisotopic (exact) mass is 403 g/mol. The maximum Gasteiger partial charge on any atom is 0.262 e. The van der Waals surface area contributed by atoms with Gasteiger partial charge in [-0.2, -0.15) is 0 Å². The van der Waals surface area contributed by atoms with E-state index >= 15 is 0 Å². The Bertz CT molecular complexity index is 1240. The van der Waals surface area contributed by atoms with Gasteiger partial charge in [0.2, 0.25) is 5.88 Å². The van der Waals surface area contributed by atoms with E-state index in [9.17, 15) is 9.90 Å². The lowest BCUT2D eigenvalue weighted by molar-refractivity contribution is 0.398. The van der Waals surface area contributed by atoms with Gasteiger partial charge < -0.3 is 5.11 Å². The summed E-state index contributed by atoms with van der Waals surface area (Å²) in [5, 5.41) is 10.8. The first-order chi connectivity index (χ1) is 14.1. The standard InChI is InChI=1S/C23H21N3O2S/c1-2-3-13-26-22(28)18(21(27)25-23(26)29)14-17-16-11-7-8-12-19(16)24-20(17)15-9-5-4-6-10-15/h4-12,14,28H,2-3,13H2,1H3,(H,25,27,29). The second-order valence-electron chi connectivity index (χ2n) is 6.90. The molecule has 2 N–H and O–H groups in total. The Hall–Kier alpha value is -3.25. The zero-order valence-electron chi connectivity index (χ0n) is 16.1. The van der Waals surface area contributed by atoms with Crippen LogP contribution in [0.1, 0.15) is 36.5 Å². The quantitative estimate of drug-likeness (QED) is 0.583. The van der Waals surface area contributed by atoms with Gasteiger partial charge in [-0.15, -0.1) is 0 Å². The maximum absolute atomic E-state index is 12.6. The third-order valence-electron chi connectivity index (χ3n) is 4.96. The molecule has 0 amide bonds. The van der Waals surface area contributed by atoms with Crippen molar-refractivity contribution in [3.05, 3.63) is 86.4 Å². The average Bonchev–Trinajstić information content (AvgIpc) is 3.10. The Labute approximate surface area is 173 Å². The van der Waals surface area contributed by atoms with E-state index in [-0.39, 0.29) is 16.2 Å². The van der Waals surface area contributed by atoms with Gasteiger partial charge in [0.1, 0.15) is 5.56 Å². The molecular weight excluding hydrogens is 382 g/mol. The lowest BCUT2D eigenvalue weighted by Crippen LogP contribution is -2.17. The van der Waals surface area contributed by atoms with E-state index in [1.54, 1.807) is 10.6 Å². The fraction of sp³-hybridized carbons (Fsp3) is 0.174. The molecule has 6 heteroatoms. The molecule has 1 aromatic heterocycles. The van der Waals surface area contributed by atoms with Gasteiger partial charge in [0, 0.05) is 23.2 Å². The summed E-state index contributed by atoms with van der Waals surface area (Å²) in [5.74, 6) is -0.114. The van der Waals surface area contributed by atoms with E-state index < -0.39 is 5.56 Å². The van der Waals surface area contributed by atoms with Gasteiger partial charge in [0.15, 0.2) is 4.77 Å². The summed E-state index contributed by atoms with van der Waals surface area (Å²) in [6, 6.07) is 17.6. The Kier molecular flexibility index (Phi) is 5.27. The molecule has 0 bridgehead atoms. The minimum Gasteiger partial charge on any atom is -0.494 e. The van der Waals surface area contributed by atoms with Crippen LogP contribution in [0.15, 0.2) is 64.4 Å². The minimum atomic E-state index is -0.412. The molecule has 0 unspecified atom stereocenters. The van der Waals surface area contributed by atoms with Gasteiger partial charge in [-0.05, 0) is 30.8 Å². The van der Waals surface area contributed by atoms with Gasteiger partial charge in [-0.3, -0.25) is 14.3 Å². The summed E-state index contributed by atoms with van der Waals surface area (Å²) in [7, 11) is 0. The molecule has 3 aromatic rings. The van der Waals surface area contributed by atoms with Crippen LogP contribution in [0, 0.1) is 4.77 Å². The number of nitrogens with one attached hydrogen (secondary N) is 1. The molecule has 0 saturated carbocycles. The molecule has 2 heterocycles. The molecule has 0 fully saturated rings. The summed E-state index contributed by atoms with van der Waals surface area (Å²) in [6.07, 6.45) is 3.52. The molecule has 0 radical (unpaired) electrons. The van der Waals surface area contributed by atoms with E-state index in [2.05, 4.69) is 11.9 Å². The lowest BCUT2D eigenvalue weighted by atomic mass is 9.96. The number of aromatic nitrogens is 2. The van der Waals surface area contributed by atoms with Crippen molar-refractivity contribution in [1.29, 1.82) is 0 Å². The van der Waals surface area contributed by atoms with E-state index in [4.69, 9.17) is 17.2 Å². The number of para-hydroxylation sites is 1. The molecule has 5 nitrogen and oxygen atoms in total. The zero-order valence-corrected chi connectivity index (χ0v) is 16.9. The van der Waals surface area contributed by atoms with Crippen molar-refractivity contribution in [1.82, 2.24) is 9.55 Å². The molecule has 146 valence electrons. The molecule has 2 aromatic carbocycles. The van der Waals surface area contributed by atoms with Crippen LogP contribution in [0.2, 0.25) is 0 Å². The van der Waals surface area contributed by atoms with Gasteiger partial charge in [0.05, 0.1) is 11.4 Å². The first kappa shape index (κ1) is 19.1. The second kappa shape index (κ2) is 8.01. The fourth-order valence-corrected chi connectivity index (χ4v) is 3.71. The van der Waals surface area contributed by atoms with Crippen LogP contribution in [0.3, 0.4) is 0 Å². The maximum atomic E-state index is 12.6. The first-order valence-corrected chi connectivity index (χ1v) is 10.0. The van der Waals surface area contributed by atoms with Crippen molar-refractivity contribution in [3.63, 3.8) is 0 Å². The summed E-state index contributed by atoms with van der Waals surface area (Å²) < 4.78 is 1.80. The van der Waals surface area contributed by atoms with E-state index in [0.29, 0.717) is 6.54 Å². The number of rotatable bonds is 5. The fourth-order valence-electron chi connectivity index (χ4n) is 3.44. The highest BCUT2D eigenvalue weighted by Gasteiger charge is 2.23. The third-order valence-corrected chi connectivity index (χ3v) is 5.28. The Morgan fingerprint density at radius 2 is 1.86 bits per heavy atom. The molecule has 1 aliphatic heterocycles. The second-order valence-corrected chi connectivity index (χ2v) is 7.29. The first-order valence-electron chi connectivity index (χ1n) is 9.62. The normalized spacial score (nSPS) is 14.1. The number of hydrogen-bond acceptors (Lipinski definition) is 4. The Balaban J connectivity index is 1.92. The highest BCUT2D eigenvalue weighted by Crippen LogP contribution is 2.38. The van der Waals surface area contributed by atoms with Crippen LogP contribution in [0.4, 0.5) is 5.69 Å². The molecule has 1 aliphatic rings. The van der Waals surface area contributed by atoms with Gasteiger partial charge >= 0.3 is 0 Å². The predicted molar refractivity (Wildman–Crippen MR) is 119 cm³/mol. The van der Waals surface area contributed by atoms with Crippen molar-refractivity contribution >= 4 is 35.3 Å². The van der Waals surface area contributed by atoms with E-state index in [1.165, 1.54) is 0 Å². The number of unbranched alkanes of at least 4 members (excludes halogenated alkanes) is 1. The Morgan fingerprint density at radius 1 is 1.14 bits per heavy atom. The van der Waals surface area contributed by atoms with Crippen molar-refractivity contribution in [2.75, 3.05) is 0 Å². The molecule has 4 rings (SSSR count). The van der Waals surface area contributed by atoms with Crippen LogP contribution in [0.5, 0.6) is 5.88 Å². The highest BCUT2D eigenvalue weighted by molar-refractivity contribution is 7.71. The van der Waals surface area contributed by atoms with Crippen LogP contribution in [-0.2, 0) is 6.54 Å². The average molecular weight is 404 g/mol.